The van der Waals surface area contributed by atoms with E-state index in [1.807, 2.05) is 30.3 Å². The number of hydrogen-bond acceptors (Lipinski definition) is 2. The average molecular weight is 261 g/mol. The Morgan fingerprint density at radius 2 is 1.74 bits per heavy atom. The summed E-state index contributed by atoms with van der Waals surface area (Å²) >= 11 is 0. The molecular weight excluding hydrogens is 234 g/mol. The van der Waals surface area contributed by atoms with Crippen LogP contribution in [0.1, 0.15) is 39.0 Å². The van der Waals surface area contributed by atoms with E-state index in [0.717, 1.165) is 37.3 Å². The van der Waals surface area contributed by atoms with Crippen molar-refractivity contribution in [3.8, 4) is 5.75 Å². The summed E-state index contributed by atoms with van der Waals surface area (Å²) in [6, 6.07) is 10.0. The molecule has 2 rings (SSSR count). The molecule has 1 aliphatic rings. The molecule has 0 unspecified atom stereocenters. The maximum absolute atomic E-state index is 5.67. The van der Waals surface area contributed by atoms with Crippen LogP contribution in [0, 0.1) is 11.8 Å². The molecule has 1 saturated carbocycles. The highest BCUT2D eigenvalue weighted by Crippen LogP contribution is 2.29. The molecule has 0 radical (unpaired) electrons. The van der Waals surface area contributed by atoms with E-state index in [9.17, 15) is 0 Å². The van der Waals surface area contributed by atoms with Crippen molar-refractivity contribution in [2.45, 2.75) is 39.0 Å². The van der Waals surface area contributed by atoms with E-state index in [1.165, 1.54) is 32.1 Å². The Morgan fingerprint density at radius 1 is 1.05 bits per heavy atom. The molecule has 0 amide bonds. The van der Waals surface area contributed by atoms with Crippen LogP contribution in [0.4, 0.5) is 0 Å². The SMILES string of the molecule is CCC1CCC(CNCCOc2ccccc2)CC1. The fraction of sp³-hybridized carbons (Fsp3) is 0.647. The van der Waals surface area contributed by atoms with E-state index in [-0.39, 0.29) is 0 Å². The average Bonchev–Trinajstić information content (AvgIpc) is 2.49. The Hall–Kier alpha value is -1.02. The van der Waals surface area contributed by atoms with Crippen molar-refractivity contribution < 1.29 is 4.74 Å². The van der Waals surface area contributed by atoms with E-state index in [0.29, 0.717) is 0 Å². The van der Waals surface area contributed by atoms with Crippen LogP contribution in [-0.4, -0.2) is 19.7 Å². The third-order valence-corrected chi connectivity index (χ3v) is 4.27. The second-order valence-electron chi connectivity index (χ2n) is 5.66. The van der Waals surface area contributed by atoms with Crippen LogP contribution < -0.4 is 10.1 Å². The fourth-order valence-electron chi connectivity index (χ4n) is 2.91. The second kappa shape index (κ2) is 8.21. The predicted molar refractivity (Wildman–Crippen MR) is 80.5 cm³/mol. The summed E-state index contributed by atoms with van der Waals surface area (Å²) in [6.07, 6.45) is 7.05. The lowest BCUT2D eigenvalue weighted by atomic mass is 9.81. The molecule has 0 heterocycles. The highest BCUT2D eigenvalue weighted by Gasteiger charge is 2.19. The number of nitrogens with one attached hydrogen (secondary N) is 1. The van der Waals surface area contributed by atoms with Gasteiger partial charge in [-0.2, -0.15) is 0 Å². The van der Waals surface area contributed by atoms with Gasteiger partial charge in [-0.3, -0.25) is 0 Å². The number of benzene rings is 1. The highest BCUT2D eigenvalue weighted by molar-refractivity contribution is 5.20. The predicted octanol–water partition coefficient (Wildman–Crippen LogP) is 3.87. The van der Waals surface area contributed by atoms with Gasteiger partial charge in [0.1, 0.15) is 12.4 Å². The summed E-state index contributed by atoms with van der Waals surface area (Å²) in [5, 5.41) is 3.53. The van der Waals surface area contributed by atoms with Gasteiger partial charge < -0.3 is 10.1 Å². The molecule has 1 aliphatic carbocycles. The lowest BCUT2D eigenvalue weighted by Crippen LogP contribution is -2.29. The van der Waals surface area contributed by atoms with Crippen LogP contribution in [0.15, 0.2) is 30.3 Å². The van der Waals surface area contributed by atoms with Crippen LogP contribution in [0.2, 0.25) is 0 Å². The largest absolute Gasteiger partial charge is 0.492 e. The Kier molecular flexibility index (Phi) is 6.22. The summed E-state index contributed by atoms with van der Waals surface area (Å²) in [5.41, 5.74) is 0. The number of ether oxygens (including phenoxy) is 1. The van der Waals surface area contributed by atoms with Crippen molar-refractivity contribution in [2.75, 3.05) is 19.7 Å². The Labute approximate surface area is 117 Å². The minimum absolute atomic E-state index is 0.758. The Morgan fingerprint density at radius 3 is 2.42 bits per heavy atom. The van der Waals surface area contributed by atoms with E-state index in [1.54, 1.807) is 0 Å². The van der Waals surface area contributed by atoms with E-state index in [2.05, 4.69) is 12.2 Å². The second-order valence-corrected chi connectivity index (χ2v) is 5.66. The molecule has 1 fully saturated rings. The summed E-state index contributed by atoms with van der Waals surface area (Å²) < 4.78 is 5.67. The monoisotopic (exact) mass is 261 g/mol. The third kappa shape index (κ3) is 5.23. The zero-order valence-electron chi connectivity index (χ0n) is 12.1. The van der Waals surface area contributed by atoms with Crippen LogP contribution >= 0.6 is 0 Å². The van der Waals surface area contributed by atoms with Crippen molar-refractivity contribution in [1.29, 1.82) is 0 Å². The van der Waals surface area contributed by atoms with Crippen molar-refractivity contribution in [1.82, 2.24) is 5.32 Å². The van der Waals surface area contributed by atoms with Gasteiger partial charge in [0.2, 0.25) is 0 Å². The molecule has 0 spiro atoms. The molecule has 0 bridgehead atoms. The smallest absolute Gasteiger partial charge is 0.119 e. The summed E-state index contributed by atoms with van der Waals surface area (Å²) in [6.45, 7) is 5.19. The summed E-state index contributed by atoms with van der Waals surface area (Å²) in [7, 11) is 0. The molecule has 2 nitrogen and oxygen atoms in total. The Bertz CT molecular complexity index is 330. The van der Waals surface area contributed by atoms with Gasteiger partial charge in [0, 0.05) is 6.54 Å². The summed E-state index contributed by atoms with van der Waals surface area (Å²) in [5.74, 6) is 2.85. The zero-order chi connectivity index (χ0) is 13.3. The standard InChI is InChI=1S/C17H27NO/c1-2-15-8-10-16(11-9-15)14-18-12-13-19-17-6-4-3-5-7-17/h3-7,15-16,18H,2,8-14H2,1H3. The molecule has 1 aromatic carbocycles. The number of rotatable bonds is 7. The lowest BCUT2D eigenvalue weighted by Gasteiger charge is -2.27. The molecule has 19 heavy (non-hydrogen) atoms. The third-order valence-electron chi connectivity index (χ3n) is 4.27. The molecule has 2 heteroatoms. The topological polar surface area (TPSA) is 21.3 Å². The maximum Gasteiger partial charge on any atom is 0.119 e. The van der Waals surface area contributed by atoms with Gasteiger partial charge in [0.25, 0.3) is 0 Å². The molecule has 0 aliphatic heterocycles. The van der Waals surface area contributed by atoms with Crippen LogP contribution in [0.5, 0.6) is 5.75 Å². The number of hydrogen-bond donors (Lipinski definition) is 1. The molecular formula is C17H27NO. The molecule has 0 aromatic heterocycles. The van der Waals surface area contributed by atoms with E-state index >= 15 is 0 Å². The van der Waals surface area contributed by atoms with Crippen LogP contribution in [-0.2, 0) is 0 Å². The van der Waals surface area contributed by atoms with Gasteiger partial charge in [-0.1, -0.05) is 44.4 Å². The quantitative estimate of drug-likeness (QED) is 0.752. The first-order valence-electron chi connectivity index (χ1n) is 7.77. The fourth-order valence-corrected chi connectivity index (χ4v) is 2.91. The first-order valence-corrected chi connectivity index (χ1v) is 7.77. The first kappa shape index (κ1) is 14.4. The first-order chi connectivity index (χ1) is 9.38. The normalized spacial score (nSPS) is 23.2. The van der Waals surface area contributed by atoms with Crippen molar-refractivity contribution in [3.05, 3.63) is 30.3 Å². The minimum atomic E-state index is 0.758. The van der Waals surface area contributed by atoms with Gasteiger partial charge in [-0.05, 0) is 43.4 Å². The van der Waals surface area contributed by atoms with Gasteiger partial charge >= 0.3 is 0 Å². The highest BCUT2D eigenvalue weighted by atomic mass is 16.5. The van der Waals surface area contributed by atoms with Crippen molar-refractivity contribution >= 4 is 0 Å². The van der Waals surface area contributed by atoms with Gasteiger partial charge in [-0.25, -0.2) is 0 Å². The molecule has 0 saturated heterocycles. The van der Waals surface area contributed by atoms with Crippen LogP contribution in [0.25, 0.3) is 0 Å². The molecule has 106 valence electrons. The molecule has 1 aromatic rings. The van der Waals surface area contributed by atoms with E-state index < -0.39 is 0 Å². The van der Waals surface area contributed by atoms with Gasteiger partial charge in [0.05, 0.1) is 0 Å². The summed E-state index contributed by atoms with van der Waals surface area (Å²) in [4.78, 5) is 0. The maximum atomic E-state index is 5.67. The number of para-hydroxylation sites is 1. The van der Waals surface area contributed by atoms with Crippen molar-refractivity contribution in [2.24, 2.45) is 11.8 Å². The minimum Gasteiger partial charge on any atom is -0.492 e. The lowest BCUT2D eigenvalue weighted by molar-refractivity contribution is 0.254. The molecule has 0 atom stereocenters. The van der Waals surface area contributed by atoms with Crippen molar-refractivity contribution in [3.63, 3.8) is 0 Å². The zero-order valence-corrected chi connectivity index (χ0v) is 12.1. The van der Waals surface area contributed by atoms with Gasteiger partial charge in [-0.15, -0.1) is 0 Å². The van der Waals surface area contributed by atoms with Crippen LogP contribution in [0.3, 0.4) is 0 Å². The van der Waals surface area contributed by atoms with E-state index in [4.69, 9.17) is 4.74 Å². The molecule has 1 N–H and O–H groups in total. The van der Waals surface area contributed by atoms with Gasteiger partial charge in [0.15, 0.2) is 0 Å². The Balaban J connectivity index is 1.51.